The molecule has 0 radical (unpaired) electrons. The zero-order valence-corrected chi connectivity index (χ0v) is 13.6. The Labute approximate surface area is 137 Å². The van der Waals surface area contributed by atoms with E-state index in [0.717, 1.165) is 29.9 Å². The molecule has 1 atom stereocenters. The Kier molecular flexibility index (Phi) is 3.88. The van der Waals surface area contributed by atoms with Gasteiger partial charge in [-0.15, -0.1) is 0 Å². The van der Waals surface area contributed by atoms with E-state index in [4.69, 9.17) is 4.98 Å². The molecule has 3 aromatic rings. The van der Waals surface area contributed by atoms with Crippen molar-refractivity contribution < 1.29 is 0 Å². The van der Waals surface area contributed by atoms with E-state index >= 15 is 0 Å². The van der Waals surface area contributed by atoms with Crippen LogP contribution in [0.3, 0.4) is 0 Å². The van der Waals surface area contributed by atoms with Crippen molar-refractivity contribution in [2.45, 2.75) is 32.2 Å². The second-order valence-corrected chi connectivity index (χ2v) is 6.70. The van der Waals surface area contributed by atoms with Gasteiger partial charge in [0.25, 0.3) is 0 Å². The van der Waals surface area contributed by atoms with E-state index < -0.39 is 0 Å². The normalized spacial score (nSPS) is 19.3. The molecule has 1 aromatic heterocycles. The molecule has 1 saturated heterocycles. The van der Waals surface area contributed by atoms with Gasteiger partial charge in [0.05, 0.1) is 11.0 Å². The summed E-state index contributed by atoms with van der Waals surface area (Å²) in [7, 11) is 0. The molecule has 3 nitrogen and oxygen atoms in total. The molecule has 1 N–H and O–H groups in total. The molecule has 0 bridgehead atoms. The van der Waals surface area contributed by atoms with Gasteiger partial charge in [0.2, 0.25) is 0 Å². The van der Waals surface area contributed by atoms with Gasteiger partial charge >= 0.3 is 0 Å². The van der Waals surface area contributed by atoms with Crippen molar-refractivity contribution in [2.24, 2.45) is 0 Å². The van der Waals surface area contributed by atoms with Crippen LogP contribution in [0, 0.1) is 6.92 Å². The molecule has 0 amide bonds. The van der Waals surface area contributed by atoms with Crippen molar-refractivity contribution in [1.82, 2.24) is 14.9 Å². The smallest absolute Gasteiger partial charge is 0.111 e. The van der Waals surface area contributed by atoms with Crippen LogP contribution in [0.15, 0.2) is 48.5 Å². The zero-order valence-electron chi connectivity index (χ0n) is 13.6. The van der Waals surface area contributed by atoms with E-state index in [9.17, 15) is 0 Å². The number of H-pyrrole nitrogens is 1. The highest BCUT2D eigenvalue weighted by molar-refractivity contribution is 5.74. The monoisotopic (exact) mass is 305 g/mol. The number of benzene rings is 2. The van der Waals surface area contributed by atoms with Crippen molar-refractivity contribution in [2.75, 3.05) is 13.1 Å². The highest BCUT2D eigenvalue weighted by Crippen LogP contribution is 2.27. The molecule has 1 fully saturated rings. The number of hydrogen-bond donors (Lipinski definition) is 1. The lowest BCUT2D eigenvalue weighted by Crippen LogP contribution is -2.34. The van der Waals surface area contributed by atoms with Crippen LogP contribution in [0.25, 0.3) is 11.0 Å². The maximum Gasteiger partial charge on any atom is 0.111 e. The Bertz CT molecular complexity index is 772. The summed E-state index contributed by atoms with van der Waals surface area (Å²) in [5, 5.41) is 0. The fourth-order valence-electron chi connectivity index (χ4n) is 3.66. The quantitative estimate of drug-likeness (QED) is 0.784. The highest BCUT2D eigenvalue weighted by Gasteiger charge is 2.23. The number of nitrogens with zero attached hydrogens (tertiary/aromatic N) is 2. The topological polar surface area (TPSA) is 31.9 Å². The first-order valence-corrected chi connectivity index (χ1v) is 8.50. The summed E-state index contributed by atoms with van der Waals surface area (Å²) in [6.45, 7) is 5.48. The van der Waals surface area contributed by atoms with Crippen molar-refractivity contribution in [3.05, 3.63) is 65.5 Å². The summed E-state index contributed by atoms with van der Waals surface area (Å²) in [5.41, 5.74) is 4.99. The number of aromatic nitrogens is 2. The van der Waals surface area contributed by atoms with Crippen molar-refractivity contribution in [3.63, 3.8) is 0 Å². The number of fused-ring (bicyclic) bond motifs is 1. The average molecular weight is 305 g/mol. The number of piperidine rings is 1. The number of hydrogen-bond acceptors (Lipinski definition) is 2. The Morgan fingerprint density at radius 1 is 1.17 bits per heavy atom. The molecule has 0 aliphatic carbocycles. The average Bonchev–Trinajstić information content (AvgIpc) is 2.99. The molecule has 23 heavy (non-hydrogen) atoms. The van der Waals surface area contributed by atoms with Crippen molar-refractivity contribution in [1.29, 1.82) is 0 Å². The van der Waals surface area contributed by atoms with Crippen molar-refractivity contribution >= 4 is 11.0 Å². The standard InChI is InChI=1S/C20H23N3/c1-15-6-4-7-16(12-15)13-23-11-5-8-17(14-23)20-21-18-9-2-3-10-19(18)22-20/h2-4,6-7,9-10,12,17H,5,8,11,13-14H2,1H3,(H,21,22)/t17-/m1/s1. The van der Waals surface area contributed by atoms with Crippen LogP contribution in [0.5, 0.6) is 0 Å². The van der Waals surface area contributed by atoms with E-state index in [0.29, 0.717) is 5.92 Å². The SMILES string of the molecule is Cc1cccc(CN2CCC[C@@H](c3nc4ccccc4[nH]3)C2)c1. The molecule has 2 aromatic carbocycles. The summed E-state index contributed by atoms with van der Waals surface area (Å²) >= 11 is 0. The van der Waals surface area contributed by atoms with Gasteiger partial charge in [0.15, 0.2) is 0 Å². The molecule has 118 valence electrons. The Morgan fingerprint density at radius 3 is 2.96 bits per heavy atom. The molecule has 1 aliphatic heterocycles. The van der Waals surface area contributed by atoms with Crippen LogP contribution in [0.4, 0.5) is 0 Å². The van der Waals surface area contributed by atoms with Gasteiger partial charge in [-0.25, -0.2) is 4.98 Å². The predicted molar refractivity (Wildman–Crippen MR) is 94.5 cm³/mol. The molecular formula is C20H23N3. The largest absolute Gasteiger partial charge is 0.342 e. The van der Waals surface area contributed by atoms with E-state index in [-0.39, 0.29) is 0 Å². The Hall–Kier alpha value is -2.13. The lowest BCUT2D eigenvalue weighted by Gasteiger charge is -2.31. The van der Waals surface area contributed by atoms with Crippen LogP contribution >= 0.6 is 0 Å². The van der Waals surface area contributed by atoms with Crippen LogP contribution in [-0.4, -0.2) is 28.0 Å². The van der Waals surface area contributed by atoms with Crippen molar-refractivity contribution in [3.8, 4) is 0 Å². The first-order chi connectivity index (χ1) is 11.3. The number of nitrogens with one attached hydrogen (secondary N) is 1. The van der Waals surface area contributed by atoms with Gasteiger partial charge in [0, 0.05) is 19.0 Å². The molecule has 0 spiro atoms. The maximum absolute atomic E-state index is 4.81. The number of likely N-dealkylation sites (tertiary alicyclic amines) is 1. The fourth-order valence-corrected chi connectivity index (χ4v) is 3.66. The first kappa shape index (κ1) is 14.5. The third-order valence-corrected chi connectivity index (χ3v) is 4.79. The van der Waals surface area contributed by atoms with Gasteiger partial charge < -0.3 is 4.98 Å². The summed E-state index contributed by atoms with van der Waals surface area (Å²) in [5.74, 6) is 1.67. The number of aryl methyl sites for hydroxylation is 1. The fraction of sp³-hybridized carbons (Fsp3) is 0.350. The van der Waals surface area contributed by atoms with E-state index in [1.165, 1.54) is 30.5 Å². The lowest BCUT2D eigenvalue weighted by atomic mass is 9.97. The second kappa shape index (κ2) is 6.17. The number of aromatic amines is 1. The van der Waals surface area contributed by atoms with E-state index in [2.05, 4.69) is 65.3 Å². The Morgan fingerprint density at radius 2 is 2.09 bits per heavy atom. The predicted octanol–water partition coefficient (Wildman–Crippen LogP) is 4.25. The van der Waals surface area contributed by atoms with Gasteiger partial charge in [-0.05, 0) is 44.0 Å². The van der Waals surface area contributed by atoms with Gasteiger partial charge in [-0.1, -0.05) is 42.0 Å². The summed E-state index contributed by atoms with van der Waals surface area (Å²) in [6, 6.07) is 17.2. The third-order valence-electron chi connectivity index (χ3n) is 4.79. The summed E-state index contributed by atoms with van der Waals surface area (Å²) in [6.07, 6.45) is 2.47. The second-order valence-electron chi connectivity index (χ2n) is 6.70. The molecule has 0 unspecified atom stereocenters. The van der Waals surface area contributed by atoms with Gasteiger partial charge in [0.1, 0.15) is 5.82 Å². The van der Waals surface area contributed by atoms with Gasteiger partial charge in [-0.2, -0.15) is 0 Å². The lowest BCUT2D eigenvalue weighted by molar-refractivity contribution is 0.197. The highest BCUT2D eigenvalue weighted by atomic mass is 15.1. The minimum atomic E-state index is 0.515. The molecule has 1 aliphatic rings. The maximum atomic E-state index is 4.81. The van der Waals surface area contributed by atoms with E-state index in [1.807, 2.05) is 0 Å². The molecule has 4 rings (SSSR count). The van der Waals surface area contributed by atoms with Crippen LogP contribution < -0.4 is 0 Å². The summed E-state index contributed by atoms with van der Waals surface area (Å²) in [4.78, 5) is 10.9. The number of para-hydroxylation sites is 2. The summed E-state index contributed by atoms with van der Waals surface area (Å²) < 4.78 is 0. The minimum Gasteiger partial charge on any atom is -0.342 e. The van der Waals surface area contributed by atoms with Crippen LogP contribution in [0.2, 0.25) is 0 Å². The minimum absolute atomic E-state index is 0.515. The molecule has 3 heteroatoms. The molecule has 2 heterocycles. The number of rotatable bonds is 3. The van der Waals surface area contributed by atoms with Gasteiger partial charge in [-0.3, -0.25) is 4.90 Å². The van der Waals surface area contributed by atoms with Crippen LogP contribution in [0.1, 0.15) is 35.7 Å². The number of imidazole rings is 1. The van der Waals surface area contributed by atoms with Crippen LogP contribution in [-0.2, 0) is 6.54 Å². The third kappa shape index (κ3) is 3.15. The first-order valence-electron chi connectivity index (χ1n) is 8.50. The molecule has 0 saturated carbocycles. The zero-order chi connectivity index (χ0) is 15.6. The molecular weight excluding hydrogens is 282 g/mol. The van der Waals surface area contributed by atoms with E-state index in [1.54, 1.807) is 0 Å². The Balaban J connectivity index is 1.50.